The summed E-state index contributed by atoms with van der Waals surface area (Å²) >= 11 is 6.02. The molecule has 0 saturated carbocycles. The van der Waals surface area contributed by atoms with Gasteiger partial charge in [-0.2, -0.15) is 0 Å². The molecule has 0 atom stereocenters. The summed E-state index contributed by atoms with van der Waals surface area (Å²) in [6, 6.07) is 0. The fourth-order valence-corrected chi connectivity index (χ4v) is 1.39. The van der Waals surface area contributed by atoms with Crippen molar-refractivity contribution in [3.63, 3.8) is 0 Å². The molecule has 11 heavy (non-hydrogen) atoms. The molecule has 1 aliphatic rings. The second-order valence-corrected chi connectivity index (χ2v) is 3.44. The van der Waals surface area contributed by atoms with Crippen LogP contribution in [0.5, 0.6) is 0 Å². The zero-order valence-corrected chi connectivity index (χ0v) is 8.02. The Hall–Kier alpha value is -0.500. The summed E-state index contributed by atoms with van der Waals surface area (Å²) in [7, 11) is 6.03. The highest BCUT2D eigenvalue weighted by Gasteiger charge is 2.17. The Morgan fingerprint density at radius 2 is 2.18 bits per heavy atom. The van der Waals surface area contributed by atoms with Crippen LogP contribution in [0.2, 0.25) is 0 Å². The monoisotopic (exact) mass is 173 g/mol. The van der Waals surface area contributed by atoms with Crippen LogP contribution in [0.3, 0.4) is 0 Å². The smallest absolute Gasteiger partial charge is 0.169 e. The van der Waals surface area contributed by atoms with E-state index in [1.807, 2.05) is 25.7 Å². The van der Waals surface area contributed by atoms with Gasteiger partial charge in [0, 0.05) is 13.6 Å². The molecule has 0 saturated heterocycles. The fourth-order valence-electron chi connectivity index (χ4n) is 1.16. The molecule has 0 fully saturated rings. The predicted octanol–water partition coefficient (Wildman–Crippen LogP) is 1.12. The molecular formula is C8H14ClN2+. The number of rotatable bonds is 1. The van der Waals surface area contributed by atoms with Gasteiger partial charge >= 0.3 is 0 Å². The molecule has 3 heteroatoms. The third-order valence-corrected chi connectivity index (χ3v) is 2.26. The molecule has 0 aliphatic carbocycles. The van der Waals surface area contributed by atoms with Crippen LogP contribution in [-0.2, 0) is 0 Å². The summed E-state index contributed by atoms with van der Waals surface area (Å²) in [6.07, 6.45) is 3.14. The van der Waals surface area contributed by atoms with Crippen molar-refractivity contribution in [3.8, 4) is 0 Å². The first-order valence-electron chi connectivity index (χ1n) is 3.72. The zero-order chi connectivity index (χ0) is 8.43. The van der Waals surface area contributed by atoms with Crippen LogP contribution in [0.4, 0.5) is 0 Å². The van der Waals surface area contributed by atoms with E-state index in [-0.39, 0.29) is 0 Å². The molecule has 0 radical (unpaired) electrons. The molecule has 1 aliphatic heterocycles. The minimum atomic E-state index is 0.888. The number of nitrogens with zero attached hydrogens (tertiary/aromatic N) is 2. The molecule has 0 aromatic carbocycles. The average Bonchev–Trinajstić information content (AvgIpc) is 2.18. The third kappa shape index (κ3) is 1.96. The van der Waals surface area contributed by atoms with E-state index in [4.69, 9.17) is 11.6 Å². The van der Waals surface area contributed by atoms with Crippen molar-refractivity contribution < 1.29 is 4.58 Å². The van der Waals surface area contributed by atoms with Gasteiger partial charge in [0.15, 0.2) is 6.21 Å². The Morgan fingerprint density at radius 1 is 1.55 bits per heavy atom. The molecular weight excluding hydrogens is 160 g/mol. The van der Waals surface area contributed by atoms with E-state index >= 15 is 0 Å². The second kappa shape index (κ2) is 3.26. The van der Waals surface area contributed by atoms with Gasteiger partial charge in [-0.15, -0.1) is 0 Å². The van der Waals surface area contributed by atoms with Gasteiger partial charge in [-0.05, 0) is 6.42 Å². The molecule has 2 nitrogen and oxygen atoms in total. The van der Waals surface area contributed by atoms with E-state index in [2.05, 4.69) is 11.1 Å². The van der Waals surface area contributed by atoms with Crippen LogP contribution in [-0.4, -0.2) is 43.4 Å². The molecule has 1 heterocycles. The van der Waals surface area contributed by atoms with E-state index in [0.717, 1.165) is 18.1 Å². The summed E-state index contributed by atoms with van der Waals surface area (Å²) in [5, 5.41) is 0.888. The second-order valence-electron chi connectivity index (χ2n) is 3.08. The fraction of sp³-hybridized carbons (Fsp3) is 0.625. The number of hydrogen-bond donors (Lipinski definition) is 0. The Kier molecular flexibility index (Phi) is 2.55. The molecule has 1 rings (SSSR count). The van der Waals surface area contributed by atoms with Crippen molar-refractivity contribution in [3.05, 3.63) is 10.7 Å². The van der Waals surface area contributed by atoms with Gasteiger partial charge in [-0.25, -0.2) is 4.58 Å². The Morgan fingerprint density at radius 3 is 2.55 bits per heavy atom. The van der Waals surface area contributed by atoms with Gasteiger partial charge in [0.2, 0.25) is 0 Å². The Balaban J connectivity index is 2.80. The van der Waals surface area contributed by atoms with Crippen LogP contribution in [0, 0.1) is 0 Å². The van der Waals surface area contributed by atoms with Crippen LogP contribution in [0.15, 0.2) is 10.7 Å². The SMILES string of the molecule is CN1CCC(C=[N+](C)C)=C1Cl. The van der Waals surface area contributed by atoms with Gasteiger partial charge in [0.25, 0.3) is 0 Å². The lowest BCUT2D eigenvalue weighted by Gasteiger charge is -2.08. The molecule has 0 N–H and O–H groups in total. The highest BCUT2D eigenvalue weighted by Crippen LogP contribution is 2.22. The highest BCUT2D eigenvalue weighted by molar-refractivity contribution is 6.31. The van der Waals surface area contributed by atoms with Gasteiger partial charge < -0.3 is 4.90 Å². The molecule has 0 bridgehead atoms. The van der Waals surface area contributed by atoms with E-state index in [1.165, 1.54) is 5.57 Å². The predicted molar refractivity (Wildman–Crippen MR) is 48.3 cm³/mol. The van der Waals surface area contributed by atoms with Crippen LogP contribution < -0.4 is 0 Å². The van der Waals surface area contributed by atoms with Crippen molar-refractivity contribution in [2.45, 2.75) is 6.42 Å². The van der Waals surface area contributed by atoms with E-state index in [1.54, 1.807) is 0 Å². The molecule has 0 spiro atoms. The summed E-state index contributed by atoms with van der Waals surface area (Å²) < 4.78 is 2.02. The highest BCUT2D eigenvalue weighted by atomic mass is 35.5. The lowest BCUT2D eigenvalue weighted by molar-refractivity contribution is -0.459. The van der Waals surface area contributed by atoms with Crippen molar-refractivity contribution >= 4 is 17.8 Å². The molecule has 0 amide bonds. The summed E-state index contributed by atoms with van der Waals surface area (Å²) in [5.74, 6) is 0. The topological polar surface area (TPSA) is 6.25 Å². The first kappa shape index (κ1) is 8.60. The minimum absolute atomic E-state index is 0.888. The number of hydrogen-bond acceptors (Lipinski definition) is 1. The molecule has 62 valence electrons. The Labute approximate surface area is 72.8 Å². The largest absolute Gasteiger partial charge is 0.365 e. The van der Waals surface area contributed by atoms with Crippen molar-refractivity contribution in [2.75, 3.05) is 27.7 Å². The van der Waals surface area contributed by atoms with Crippen LogP contribution in [0.25, 0.3) is 0 Å². The molecule has 0 aromatic rings. The first-order valence-corrected chi connectivity index (χ1v) is 4.10. The minimum Gasteiger partial charge on any atom is -0.365 e. The van der Waals surface area contributed by atoms with Crippen molar-refractivity contribution in [1.82, 2.24) is 4.90 Å². The summed E-state index contributed by atoms with van der Waals surface area (Å²) in [5.41, 5.74) is 1.24. The first-order chi connectivity index (χ1) is 5.11. The summed E-state index contributed by atoms with van der Waals surface area (Å²) in [4.78, 5) is 2.07. The maximum absolute atomic E-state index is 6.02. The van der Waals surface area contributed by atoms with Gasteiger partial charge in [-0.3, -0.25) is 0 Å². The maximum Gasteiger partial charge on any atom is 0.169 e. The standard InChI is InChI=1S/C8H14ClN2/c1-10(2)6-7-4-5-11(3)8(7)9/h6H,4-5H2,1-3H3/q+1. The normalized spacial score (nSPS) is 17.6. The van der Waals surface area contributed by atoms with Crippen molar-refractivity contribution in [2.24, 2.45) is 0 Å². The van der Waals surface area contributed by atoms with Gasteiger partial charge in [0.1, 0.15) is 19.3 Å². The molecule has 0 unspecified atom stereocenters. The van der Waals surface area contributed by atoms with E-state index in [0.29, 0.717) is 0 Å². The average molecular weight is 174 g/mol. The molecule has 0 aromatic heterocycles. The quantitative estimate of drug-likeness (QED) is 0.327. The lowest BCUT2D eigenvalue weighted by Crippen LogP contribution is -2.09. The van der Waals surface area contributed by atoms with Crippen LogP contribution >= 0.6 is 11.6 Å². The van der Waals surface area contributed by atoms with Gasteiger partial charge in [0.05, 0.1) is 5.57 Å². The van der Waals surface area contributed by atoms with E-state index in [9.17, 15) is 0 Å². The lowest BCUT2D eigenvalue weighted by atomic mass is 10.2. The third-order valence-electron chi connectivity index (χ3n) is 1.73. The van der Waals surface area contributed by atoms with Crippen molar-refractivity contribution in [1.29, 1.82) is 0 Å². The number of halogens is 1. The van der Waals surface area contributed by atoms with Crippen LogP contribution in [0.1, 0.15) is 6.42 Å². The van der Waals surface area contributed by atoms with E-state index < -0.39 is 0 Å². The summed E-state index contributed by atoms with van der Waals surface area (Å²) in [6.45, 7) is 1.04. The Bertz CT molecular complexity index is 214. The zero-order valence-electron chi connectivity index (χ0n) is 7.26. The van der Waals surface area contributed by atoms with Gasteiger partial charge in [-0.1, -0.05) is 11.6 Å². The maximum atomic E-state index is 6.02.